The highest BCUT2D eigenvalue weighted by Crippen LogP contribution is 2.30. The summed E-state index contributed by atoms with van der Waals surface area (Å²) in [5.74, 6) is 0.870. The summed E-state index contributed by atoms with van der Waals surface area (Å²) in [5.41, 5.74) is 3.50. The molecule has 1 N–H and O–H groups in total. The van der Waals surface area contributed by atoms with Crippen molar-refractivity contribution < 1.29 is 14.3 Å². The maximum atomic E-state index is 12.0. The molecule has 106 valence electrons. The van der Waals surface area contributed by atoms with Gasteiger partial charge in [-0.25, -0.2) is 0 Å². The van der Waals surface area contributed by atoms with Crippen LogP contribution in [-0.4, -0.2) is 43.2 Å². The first-order chi connectivity index (χ1) is 9.72. The quantitative estimate of drug-likeness (QED) is 0.927. The molecule has 1 aliphatic rings. The molecule has 0 radical (unpaired) electrons. The number of rotatable bonds is 3. The lowest BCUT2D eigenvalue weighted by molar-refractivity contribution is -0.136. The Morgan fingerprint density at radius 1 is 1.40 bits per heavy atom. The minimum absolute atomic E-state index is 0.0374. The van der Waals surface area contributed by atoms with Crippen molar-refractivity contribution in [3.05, 3.63) is 29.5 Å². The van der Waals surface area contributed by atoms with Gasteiger partial charge in [-0.2, -0.15) is 0 Å². The molecule has 5 nitrogen and oxygen atoms in total. The van der Waals surface area contributed by atoms with Crippen molar-refractivity contribution in [2.24, 2.45) is 0 Å². The van der Waals surface area contributed by atoms with E-state index in [1.54, 1.807) is 14.2 Å². The fraction of sp³-hybridized carbons (Fsp3) is 0.400. The van der Waals surface area contributed by atoms with Crippen LogP contribution >= 0.6 is 0 Å². The Balaban J connectivity index is 1.96. The Morgan fingerprint density at radius 2 is 2.25 bits per heavy atom. The third kappa shape index (κ3) is 2.14. The van der Waals surface area contributed by atoms with Crippen LogP contribution in [0, 0.1) is 0 Å². The monoisotopic (exact) mass is 274 g/mol. The number of fused-ring (bicyclic) bond motifs is 3. The topological polar surface area (TPSA) is 54.6 Å². The molecule has 3 rings (SSSR count). The molecule has 0 aliphatic carbocycles. The Kier molecular flexibility index (Phi) is 3.36. The summed E-state index contributed by atoms with van der Waals surface area (Å²) in [6, 6.07) is 5.99. The molecule has 2 heterocycles. The van der Waals surface area contributed by atoms with E-state index >= 15 is 0 Å². The molecular formula is C15H18N2O3. The van der Waals surface area contributed by atoms with Gasteiger partial charge in [0.05, 0.1) is 7.11 Å². The summed E-state index contributed by atoms with van der Waals surface area (Å²) < 4.78 is 10.2. The van der Waals surface area contributed by atoms with Crippen molar-refractivity contribution in [3.63, 3.8) is 0 Å². The van der Waals surface area contributed by atoms with E-state index in [2.05, 4.69) is 4.98 Å². The summed E-state index contributed by atoms with van der Waals surface area (Å²) in [4.78, 5) is 17.2. The first-order valence-electron chi connectivity index (χ1n) is 6.67. The molecule has 0 atom stereocenters. The number of carbonyl (C=O) groups is 1. The highest BCUT2D eigenvalue weighted by Gasteiger charge is 2.23. The van der Waals surface area contributed by atoms with Crippen LogP contribution in [0.4, 0.5) is 0 Å². The van der Waals surface area contributed by atoms with Crippen LogP contribution in [0.25, 0.3) is 10.9 Å². The van der Waals surface area contributed by atoms with Crippen molar-refractivity contribution in [2.45, 2.75) is 13.0 Å². The highest BCUT2D eigenvalue weighted by molar-refractivity contribution is 5.87. The lowest BCUT2D eigenvalue weighted by atomic mass is 10.0. The lowest BCUT2D eigenvalue weighted by Gasteiger charge is -2.27. The number of nitrogens with zero attached hydrogens (tertiary/aromatic N) is 1. The molecule has 0 bridgehead atoms. The minimum atomic E-state index is 0.0374. The van der Waals surface area contributed by atoms with E-state index in [0.29, 0.717) is 6.54 Å². The summed E-state index contributed by atoms with van der Waals surface area (Å²) in [7, 11) is 3.21. The Labute approximate surface area is 117 Å². The van der Waals surface area contributed by atoms with E-state index in [9.17, 15) is 4.79 Å². The molecular weight excluding hydrogens is 256 g/mol. The Bertz CT molecular complexity index is 648. The number of hydrogen-bond acceptors (Lipinski definition) is 3. The van der Waals surface area contributed by atoms with E-state index in [0.717, 1.165) is 29.6 Å². The van der Waals surface area contributed by atoms with Gasteiger partial charge in [0.25, 0.3) is 0 Å². The maximum absolute atomic E-state index is 12.0. The predicted octanol–water partition coefficient (Wildman–Crippen LogP) is 1.71. The van der Waals surface area contributed by atoms with Gasteiger partial charge in [-0.05, 0) is 18.2 Å². The van der Waals surface area contributed by atoms with E-state index in [4.69, 9.17) is 9.47 Å². The number of benzene rings is 1. The van der Waals surface area contributed by atoms with Crippen LogP contribution in [0.5, 0.6) is 5.75 Å². The predicted molar refractivity (Wildman–Crippen MR) is 75.8 cm³/mol. The van der Waals surface area contributed by atoms with Crippen molar-refractivity contribution >= 4 is 16.8 Å². The van der Waals surface area contributed by atoms with Gasteiger partial charge in [-0.15, -0.1) is 0 Å². The van der Waals surface area contributed by atoms with Crippen molar-refractivity contribution in [2.75, 3.05) is 27.4 Å². The molecule has 1 aromatic heterocycles. The molecule has 0 saturated carbocycles. The Hall–Kier alpha value is -2.01. The molecule has 0 spiro atoms. The average Bonchev–Trinajstić information content (AvgIpc) is 2.84. The van der Waals surface area contributed by atoms with Crippen molar-refractivity contribution in [1.29, 1.82) is 0 Å². The van der Waals surface area contributed by atoms with Gasteiger partial charge >= 0.3 is 0 Å². The smallest absolute Gasteiger partial charge is 0.248 e. The number of ether oxygens (including phenoxy) is 2. The van der Waals surface area contributed by atoms with E-state index in [1.807, 2.05) is 23.1 Å². The lowest BCUT2D eigenvalue weighted by Crippen LogP contribution is -2.37. The molecule has 20 heavy (non-hydrogen) atoms. The fourth-order valence-corrected chi connectivity index (χ4v) is 2.75. The number of methoxy groups -OCH3 is 2. The SMILES string of the molecule is COCC(=O)N1CCc2[nH]c3ccc(OC)cc3c2C1. The number of H-pyrrole nitrogens is 1. The van der Waals surface area contributed by atoms with Crippen LogP contribution < -0.4 is 4.74 Å². The van der Waals surface area contributed by atoms with Crippen LogP contribution in [0.2, 0.25) is 0 Å². The summed E-state index contributed by atoms with van der Waals surface area (Å²) >= 11 is 0. The number of aromatic nitrogens is 1. The summed E-state index contributed by atoms with van der Waals surface area (Å²) in [6.45, 7) is 1.50. The van der Waals surface area contributed by atoms with E-state index in [1.165, 1.54) is 11.3 Å². The van der Waals surface area contributed by atoms with Gasteiger partial charge in [0, 0.05) is 48.8 Å². The van der Waals surface area contributed by atoms with E-state index in [-0.39, 0.29) is 12.5 Å². The normalized spacial score (nSPS) is 14.4. The van der Waals surface area contributed by atoms with Gasteiger partial charge in [-0.1, -0.05) is 0 Å². The van der Waals surface area contributed by atoms with Gasteiger partial charge in [0.2, 0.25) is 5.91 Å². The van der Waals surface area contributed by atoms with Gasteiger partial charge in [0.15, 0.2) is 0 Å². The number of hydrogen-bond donors (Lipinski definition) is 1. The molecule has 1 aromatic carbocycles. The first-order valence-corrected chi connectivity index (χ1v) is 6.67. The molecule has 0 fully saturated rings. The maximum Gasteiger partial charge on any atom is 0.248 e. The largest absolute Gasteiger partial charge is 0.497 e. The second-order valence-corrected chi connectivity index (χ2v) is 4.99. The third-order valence-corrected chi connectivity index (χ3v) is 3.80. The average molecular weight is 274 g/mol. The number of carbonyl (C=O) groups excluding carboxylic acids is 1. The molecule has 5 heteroatoms. The molecule has 0 saturated heterocycles. The highest BCUT2D eigenvalue weighted by atomic mass is 16.5. The van der Waals surface area contributed by atoms with Gasteiger partial charge in [-0.3, -0.25) is 4.79 Å². The second kappa shape index (κ2) is 5.17. The first kappa shape index (κ1) is 13.0. The molecule has 0 unspecified atom stereocenters. The van der Waals surface area contributed by atoms with Crippen molar-refractivity contribution in [3.8, 4) is 5.75 Å². The number of amides is 1. The number of aromatic amines is 1. The minimum Gasteiger partial charge on any atom is -0.497 e. The summed E-state index contributed by atoms with van der Waals surface area (Å²) in [6.07, 6.45) is 0.849. The zero-order chi connectivity index (χ0) is 14.1. The van der Waals surface area contributed by atoms with Gasteiger partial charge < -0.3 is 19.4 Å². The number of nitrogens with one attached hydrogen (secondary N) is 1. The molecule has 2 aromatic rings. The van der Waals surface area contributed by atoms with Crippen LogP contribution in [-0.2, 0) is 22.5 Å². The fourth-order valence-electron chi connectivity index (χ4n) is 2.75. The van der Waals surface area contributed by atoms with E-state index < -0.39 is 0 Å². The second-order valence-electron chi connectivity index (χ2n) is 4.99. The van der Waals surface area contributed by atoms with Crippen LogP contribution in [0.15, 0.2) is 18.2 Å². The third-order valence-electron chi connectivity index (χ3n) is 3.80. The summed E-state index contributed by atoms with van der Waals surface area (Å²) in [5, 5.41) is 1.13. The standard InChI is InChI=1S/C15H18N2O3/c1-19-9-15(18)17-6-5-14-12(8-17)11-7-10(20-2)3-4-13(11)16-14/h3-4,7,16H,5-6,8-9H2,1-2H3. The zero-order valence-electron chi connectivity index (χ0n) is 11.7. The molecule has 1 amide bonds. The zero-order valence-corrected chi connectivity index (χ0v) is 11.7. The molecule has 1 aliphatic heterocycles. The van der Waals surface area contributed by atoms with Crippen LogP contribution in [0.1, 0.15) is 11.3 Å². The Morgan fingerprint density at radius 3 is 3.00 bits per heavy atom. The van der Waals surface area contributed by atoms with Crippen molar-refractivity contribution in [1.82, 2.24) is 9.88 Å². The van der Waals surface area contributed by atoms with Gasteiger partial charge in [0.1, 0.15) is 12.4 Å². The van der Waals surface area contributed by atoms with Crippen LogP contribution in [0.3, 0.4) is 0 Å².